The zero-order valence-corrected chi connectivity index (χ0v) is 12.9. The Morgan fingerprint density at radius 3 is 2.30 bits per heavy atom. The van der Waals surface area contributed by atoms with Gasteiger partial charge in [-0.15, -0.1) is 0 Å². The molecule has 2 aromatic rings. The average molecular weight is 308 g/mol. The number of hydrogen-bond acceptors (Lipinski definition) is 5. The third-order valence-electron chi connectivity index (χ3n) is 3.88. The first-order valence-corrected chi connectivity index (χ1v) is 7.07. The minimum absolute atomic E-state index is 0.120. The molecule has 1 aliphatic rings. The minimum Gasteiger partial charge on any atom is -0.497 e. The van der Waals surface area contributed by atoms with Gasteiger partial charge in [0.25, 0.3) is 0 Å². The minimum atomic E-state index is -0.277. The summed E-state index contributed by atoms with van der Waals surface area (Å²) in [5, 5.41) is 9.50. The summed E-state index contributed by atoms with van der Waals surface area (Å²) in [4.78, 5) is 0. The van der Waals surface area contributed by atoms with Crippen molar-refractivity contribution in [1.29, 1.82) is 5.26 Å². The van der Waals surface area contributed by atoms with Gasteiger partial charge < -0.3 is 19.9 Å². The largest absolute Gasteiger partial charge is 0.497 e. The van der Waals surface area contributed by atoms with Crippen LogP contribution in [0.15, 0.2) is 53.9 Å². The van der Waals surface area contributed by atoms with Crippen LogP contribution in [0.5, 0.6) is 17.2 Å². The lowest BCUT2D eigenvalue weighted by molar-refractivity contribution is 0.381. The molecule has 0 aliphatic carbocycles. The predicted molar refractivity (Wildman–Crippen MR) is 85.3 cm³/mol. The van der Waals surface area contributed by atoms with Crippen molar-refractivity contribution in [2.75, 3.05) is 14.2 Å². The number of nitrogens with zero attached hydrogens (tertiary/aromatic N) is 1. The standard InChI is InChI=1S/C18H16N2O3/c1-21-12-5-3-11(4-6-12)17-14-8-7-13(22-2)9-16(14)23-18(20)15(17)10-19/h3-9,17H,20H2,1-2H3. The Kier molecular flexibility index (Phi) is 3.82. The highest BCUT2D eigenvalue weighted by atomic mass is 16.5. The average Bonchev–Trinajstić information content (AvgIpc) is 2.60. The van der Waals surface area contributed by atoms with Crippen LogP contribution in [0.25, 0.3) is 0 Å². The summed E-state index contributed by atoms with van der Waals surface area (Å²) in [5.74, 6) is 1.87. The second-order valence-electron chi connectivity index (χ2n) is 5.10. The number of ether oxygens (including phenoxy) is 3. The van der Waals surface area contributed by atoms with Gasteiger partial charge in [-0.25, -0.2) is 0 Å². The topological polar surface area (TPSA) is 77.5 Å². The first kappa shape index (κ1) is 14.8. The van der Waals surface area contributed by atoms with Crippen LogP contribution < -0.4 is 19.9 Å². The molecular formula is C18H16N2O3. The smallest absolute Gasteiger partial charge is 0.205 e. The third kappa shape index (κ3) is 2.55. The molecule has 5 heteroatoms. The van der Waals surface area contributed by atoms with Crippen LogP contribution in [0.2, 0.25) is 0 Å². The first-order chi connectivity index (χ1) is 11.2. The monoisotopic (exact) mass is 308 g/mol. The predicted octanol–water partition coefficient (Wildman–Crippen LogP) is 2.92. The van der Waals surface area contributed by atoms with Gasteiger partial charge in [0.15, 0.2) is 0 Å². The number of benzene rings is 2. The molecule has 0 saturated carbocycles. The molecular weight excluding hydrogens is 292 g/mol. The summed E-state index contributed by atoms with van der Waals surface area (Å²) in [5.41, 5.74) is 8.17. The van der Waals surface area contributed by atoms with Crippen molar-refractivity contribution >= 4 is 0 Å². The lowest BCUT2D eigenvalue weighted by Gasteiger charge is -2.26. The van der Waals surface area contributed by atoms with E-state index in [1.54, 1.807) is 20.3 Å². The normalized spacial score (nSPS) is 16.1. The van der Waals surface area contributed by atoms with Gasteiger partial charge >= 0.3 is 0 Å². The van der Waals surface area contributed by atoms with Crippen LogP contribution in [-0.4, -0.2) is 14.2 Å². The lowest BCUT2D eigenvalue weighted by atomic mass is 9.83. The molecule has 0 fully saturated rings. The van der Waals surface area contributed by atoms with Gasteiger partial charge in [-0.2, -0.15) is 5.26 Å². The zero-order valence-electron chi connectivity index (χ0n) is 12.9. The molecule has 116 valence electrons. The highest BCUT2D eigenvalue weighted by Gasteiger charge is 2.30. The fourth-order valence-corrected chi connectivity index (χ4v) is 2.70. The Morgan fingerprint density at radius 1 is 1.04 bits per heavy atom. The van der Waals surface area contributed by atoms with Crippen LogP contribution in [0, 0.1) is 11.3 Å². The molecule has 0 saturated heterocycles. The van der Waals surface area contributed by atoms with Crippen LogP contribution in [-0.2, 0) is 0 Å². The van der Waals surface area contributed by atoms with E-state index in [-0.39, 0.29) is 11.8 Å². The molecule has 3 rings (SSSR count). The first-order valence-electron chi connectivity index (χ1n) is 7.07. The molecule has 23 heavy (non-hydrogen) atoms. The highest BCUT2D eigenvalue weighted by Crippen LogP contribution is 2.43. The van der Waals surface area contributed by atoms with Gasteiger partial charge in [-0.1, -0.05) is 18.2 Å². The molecule has 0 amide bonds. The SMILES string of the molecule is COc1ccc(C2C(C#N)=C(N)Oc3cc(OC)ccc32)cc1. The third-order valence-corrected chi connectivity index (χ3v) is 3.88. The Balaban J connectivity index is 2.14. The molecule has 1 atom stereocenters. The number of nitriles is 1. The summed E-state index contributed by atoms with van der Waals surface area (Å²) >= 11 is 0. The van der Waals surface area contributed by atoms with E-state index < -0.39 is 0 Å². The molecule has 0 aromatic heterocycles. The van der Waals surface area contributed by atoms with Crippen molar-refractivity contribution in [2.45, 2.75) is 5.92 Å². The van der Waals surface area contributed by atoms with Crippen molar-refractivity contribution < 1.29 is 14.2 Å². The molecule has 0 spiro atoms. The molecule has 2 N–H and O–H groups in total. The van der Waals surface area contributed by atoms with E-state index in [4.69, 9.17) is 19.9 Å². The van der Waals surface area contributed by atoms with E-state index in [2.05, 4.69) is 6.07 Å². The van der Waals surface area contributed by atoms with E-state index in [0.717, 1.165) is 16.9 Å². The number of methoxy groups -OCH3 is 2. The van der Waals surface area contributed by atoms with Crippen LogP contribution in [0.3, 0.4) is 0 Å². The molecule has 1 heterocycles. The number of hydrogen-bond donors (Lipinski definition) is 1. The number of fused-ring (bicyclic) bond motifs is 1. The number of allylic oxidation sites excluding steroid dienone is 1. The Hall–Kier alpha value is -3.13. The Bertz CT molecular complexity index is 804. The van der Waals surface area contributed by atoms with Crippen LogP contribution in [0.1, 0.15) is 17.0 Å². The summed E-state index contributed by atoms with van der Waals surface area (Å²) in [6, 6.07) is 15.2. The molecule has 1 aliphatic heterocycles. The quantitative estimate of drug-likeness (QED) is 0.943. The van der Waals surface area contributed by atoms with Crippen molar-refractivity contribution in [2.24, 2.45) is 5.73 Å². The van der Waals surface area contributed by atoms with Crippen LogP contribution >= 0.6 is 0 Å². The van der Waals surface area contributed by atoms with Gasteiger partial charge in [-0.05, 0) is 23.8 Å². The fraction of sp³-hybridized carbons (Fsp3) is 0.167. The maximum atomic E-state index is 9.50. The molecule has 2 aromatic carbocycles. The van der Waals surface area contributed by atoms with E-state index >= 15 is 0 Å². The maximum absolute atomic E-state index is 9.50. The molecule has 0 bridgehead atoms. The van der Waals surface area contributed by atoms with Crippen molar-refractivity contribution in [3.8, 4) is 23.3 Å². The zero-order chi connectivity index (χ0) is 16.4. The van der Waals surface area contributed by atoms with Crippen molar-refractivity contribution in [3.63, 3.8) is 0 Å². The van der Waals surface area contributed by atoms with Gasteiger partial charge in [0, 0.05) is 11.6 Å². The summed E-state index contributed by atoms with van der Waals surface area (Å²) in [6.07, 6.45) is 0. The maximum Gasteiger partial charge on any atom is 0.205 e. The van der Waals surface area contributed by atoms with E-state index in [1.807, 2.05) is 36.4 Å². The van der Waals surface area contributed by atoms with Crippen molar-refractivity contribution in [1.82, 2.24) is 0 Å². The Labute approximate surface area is 134 Å². The molecule has 0 radical (unpaired) electrons. The fourth-order valence-electron chi connectivity index (χ4n) is 2.70. The van der Waals surface area contributed by atoms with E-state index in [1.165, 1.54) is 0 Å². The van der Waals surface area contributed by atoms with Crippen LogP contribution in [0.4, 0.5) is 0 Å². The lowest BCUT2D eigenvalue weighted by Crippen LogP contribution is -2.21. The van der Waals surface area contributed by atoms with E-state index in [0.29, 0.717) is 17.1 Å². The van der Waals surface area contributed by atoms with Gasteiger partial charge in [0.2, 0.25) is 5.88 Å². The van der Waals surface area contributed by atoms with Gasteiger partial charge in [0.05, 0.1) is 20.1 Å². The number of rotatable bonds is 3. The van der Waals surface area contributed by atoms with Gasteiger partial charge in [-0.3, -0.25) is 0 Å². The summed E-state index contributed by atoms with van der Waals surface area (Å²) in [6.45, 7) is 0. The van der Waals surface area contributed by atoms with Crippen molar-refractivity contribution in [3.05, 3.63) is 65.0 Å². The summed E-state index contributed by atoms with van der Waals surface area (Å²) in [7, 11) is 3.20. The second-order valence-corrected chi connectivity index (χ2v) is 5.10. The second kappa shape index (κ2) is 5.93. The Morgan fingerprint density at radius 2 is 1.70 bits per heavy atom. The summed E-state index contributed by atoms with van der Waals surface area (Å²) < 4.78 is 16.0. The highest BCUT2D eigenvalue weighted by molar-refractivity contribution is 5.57. The van der Waals surface area contributed by atoms with Gasteiger partial charge in [0.1, 0.15) is 28.9 Å². The number of nitrogens with two attached hydrogens (primary N) is 1. The van der Waals surface area contributed by atoms with E-state index in [9.17, 15) is 5.26 Å². The molecule has 1 unspecified atom stereocenters. The molecule has 5 nitrogen and oxygen atoms in total.